The van der Waals surface area contributed by atoms with Gasteiger partial charge in [0.05, 0.1) is 0 Å². The number of carboxylic acids is 1. The molecule has 0 aromatic heterocycles. The zero-order valence-electron chi connectivity index (χ0n) is 15.7. The molecule has 1 aliphatic rings. The van der Waals surface area contributed by atoms with Crippen molar-refractivity contribution in [3.05, 3.63) is 59.2 Å². The molecule has 2 amide bonds. The summed E-state index contributed by atoms with van der Waals surface area (Å²) in [7, 11) is 0. The highest BCUT2D eigenvalue weighted by atomic mass is 16.5. The highest BCUT2D eigenvalue weighted by Crippen LogP contribution is 2.38. The van der Waals surface area contributed by atoms with Crippen molar-refractivity contribution in [1.29, 1.82) is 0 Å². The van der Waals surface area contributed by atoms with Crippen LogP contribution in [0.15, 0.2) is 42.5 Å². The maximum atomic E-state index is 12.0. The lowest BCUT2D eigenvalue weighted by atomic mass is 10.0. The number of carboxylic acid groups (broad SMARTS) is 1. The van der Waals surface area contributed by atoms with Crippen LogP contribution in [-0.2, 0) is 27.4 Å². The van der Waals surface area contributed by atoms with Gasteiger partial charge in [0.25, 0.3) is 0 Å². The Morgan fingerprint density at radius 2 is 1.71 bits per heavy atom. The van der Waals surface area contributed by atoms with Gasteiger partial charge in [0.2, 0.25) is 5.91 Å². The van der Waals surface area contributed by atoms with E-state index in [4.69, 9.17) is 9.84 Å². The highest BCUT2D eigenvalue weighted by Gasteiger charge is 2.23. The van der Waals surface area contributed by atoms with Crippen LogP contribution in [0.5, 0.6) is 0 Å². The van der Waals surface area contributed by atoms with Gasteiger partial charge in [0, 0.05) is 0 Å². The Hall–Kier alpha value is -3.35. The van der Waals surface area contributed by atoms with Crippen molar-refractivity contribution in [2.75, 3.05) is 0 Å². The molecule has 2 aromatic rings. The summed E-state index contributed by atoms with van der Waals surface area (Å²) in [6, 6.07) is 12.1. The van der Waals surface area contributed by atoms with Crippen molar-refractivity contribution in [1.82, 2.24) is 10.6 Å². The molecule has 1 aliphatic carbocycles. The van der Waals surface area contributed by atoms with Crippen LogP contribution < -0.4 is 10.6 Å². The Morgan fingerprint density at radius 3 is 2.46 bits per heavy atom. The zero-order valence-corrected chi connectivity index (χ0v) is 15.7. The SMILES string of the molecule is C[C@@H](NC(=O)[C@@H](C)NC(=O)OCc1cccc2c1Cc1ccccc1-2)C(=O)O. The molecule has 7 nitrogen and oxygen atoms in total. The first-order chi connectivity index (χ1) is 13.4. The molecular formula is C21H22N2O5. The van der Waals surface area contributed by atoms with E-state index in [1.165, 1.54) is 25.0 Å². The molecular weight excluding hydrogens is 360 g/mol. The highest BCUT2D eigenvalue weighted by molar-refractivity contribution is 5.88. The van der Waals surface area contributed by atoms with E-state index in [9.17, 15) is 14.4 Å². The lowest BCUT2D eigenvalue weighted by Crippen LogP contribution is -2.49. The molecule has 0 fully saturated rings. The summed E-state index contributed by atoms with van der Waals surface area (Å²) in [5, 5.41) is 13.5. The number of hydrogen-bond donors (Lipinski definition) is 3. The smallest absolute Gasteiger partial charge is 0.408 e. The second-order valence-corrected chi connectivity index (χ2v) is 6.79. The lowest BCUT2D eigenvalue weighted by Gasteiger charge is -2.16. The summed E-state index contributed by atoms with van der Waals surface area (Å²) in [6.45, 7) is 2.89. The molecule has 3 rings (SSSR count). The van der Waals surface area contributed by atoms with Crippen LogP contribution in [0.1, 0.15) is 30.5 Å². The number of amides is 2. The van der Waals surface area contributed by atoms with Crippen LogP contribution in [0.4, 0.5) is 4.79 Å². The molecule has 28 heavy (non-hydrogen) atoms. The molecule has 146 valence electrons. The standard InChI is InChI=1S/C21H22N2O5/c1-12(19(24)22-13(2)20(25)26)23-21(27)28-11-15-7-5-9-17-16-8-4-3-6-14(16)10-18(15)17/h3-9,12-13H,10-11H2,1-2H3,(H,22,24)(H,23,27)(H,25,26)/t12-,13-/m1/s1. The average molecular weight is 382 g/mol. The Kier molecular flexibility index (Phi) is 5.63. The summed E-state index contributed by atoms with van der Waals surface area (Å²) < 4.78 is 5.28. The Morgan fingerprint density at radius 1 is 1.00 bits per heavy atom. The van der Waals surface area contributed by atoms with Crippen molar-refractivity contribution in [3.8, 4) is 11.1 Å². The van der Waals surface area contributed by atoms with Crippen LogP contribution in [0, 0.1) is 0 Å². The van der Waals surface area contributed by atoms with Crippen molar-refractivity contribution in [3.63, 3.8) is 0 Å². The van der Waals surface area contributed by atoms with Gasteiger partial charge in [0.15, 0.2) is 0 Å². The molecule has 0 bridgehead atoms. The van der Waals surface area contributed by atoms with Crippen LogP contribution in [0.25, 0.3) is 11.1 Å². The maximum Gasteiger partial charge on any atom is 0.408 e. The lowest BCUT2D eigenvalue weighted by molar-refractivity contribution is -0.141. The molecule has 7 heteroatoms. The monoisotopic (exact) mass is 382 g/mol. The summed E-state index contributed by atoms with van der Waals surface area (Å²) in [5.41, 5.74) is 5.64. The van der Waals surface area contributed by atoms with Gasteiger partial charge in [-0.3, -0.25) is 9.59 Å². The van der Waals surface area contributed by atoms with Crippen molar-refractivity contribution in [2.45, 2.75) is 39.0 Å². The van der Waals surface area contributed by atoms with E-state index < -0.39 is 30.1 Å². The van der Waals surface area contributed by atoms with Gasteiger partial charge >= 0.3 is 12.1 Å². The molecule has 3 N–H and O–H groups in total. The van der Waals surface area contributed by atoms with Gasteiger partial charge in [-0.2, -0.15) is 0 Å². The van der Waals surface area contributed by atoms with Gasteiger partial charge in [0.1, 0.15) is 18.7 Å². The number of fused-ring (bicyclic) bond motifs is 3. The van der Waals surface area contributed by atoms with E-state index in [1.807, 2.05) is 24.3 Å². The van der Waals surface area contributed by atoms with E-state index in [2.05, 4.69) is 28.8 Å². The van der Waals surface area contributed by atoms with Crippen LogP contribution >= 0.6 is 0 Å². The number of carbonyl (C=O) groups is 3. The van der Waals surface area contributed by atoms with E-state index in [0.717, 1.165) is 23.1 Å². The quantitative estimate of drug-likeness (QED) is 0.607. The first kappa shape index (κ1) is 19.4. The van der Waals surface area contributed by atoms with Crippen molar-refractivity contribution >= 4 is 18.0 Å². The minimum atomic E-state index is -1.15. The molecule has 0 saturated carbocycles. The number of rotatable bonds is 6. The average Bonchev–Trinajstić information content (AvgIpc) is 3.05. The second kappa shape index (κ2) is 8.12. The van der Waals surface area contributed by atoms with Gasteiger partial charge in [-0.05, 0) is 48.1 Å². The molecule has 2 aromatic carbocycles. The molecule has 0 heterocycles. The van der Waals surface area contributed by atoms with Crippen LogP contribution in [0.3, 0.4) is 0 Å². The minimum Gasteiger partial charge on any atom is -0.480 e. The fraction of sp³-hybridized carbons (Fsp3) is 0.286. The number of alkyl carbamates (subject to hydrolysis) is 1. The number of benzene rings is 2. The number of nitrogens with one attached hydrogen (secondary N) is 2. The van der Waals surface area contributed by atoms with E-state index in [1.54, 1.807) is 0 Å². The molecule has 0 spiro atoms. The Balaban J connectivity index is 1.58. The predicted molar refractivity (Wildman–Crippen MR) is 103 cm³/mol. The summed E-state index contributed by atoms with van der Waals surface area (Å²) >= 11 is 0. The van der Waals surface area contributed by atoms with Gasteiger partial charge < -0.3 is 20.5 Å². The van der Waals surface area contributed by atoms with Gasteiger partial charge in [-0.15, -0.1) is 0 Å². The number of aliphatic carboxylic acids is 1. The molecule has 2 atom stereocenters. The first-order valence-electron chi connectivity index (χ1n) is 9.02. The minimum absolute atomic E-state index is 0.0862. The third-order valence-corrected chi connectivity index (χ3v) is 4.76. The van der Waals surface area contributed by atoms with Gasteiger partial charge in [-0.1, -0.05) is 42.5 Å². The van der Waals surface area contributed by atoms with E-state index in [-0.39, 0.29) is 6.61 Å². The summed E-state index contributed by atoms with van der Waals surface area (Å²) in [4.78, 5) is 34.7. The van der Waals surface area contributed by atoms with Gasteiger partial charge in [-0.25, -0.2) is 4.79 Å². The normalized spacial score (nSPS) is 13.6. The Bertz CT molecular complexity index is 925. The summed E-state index contributed by atoms with van der Waals surface area (Å²) in [5.74, 6) is -1.75. The fourth-order valence-electron chi connectivity index (χ4n) is 3.19. The third kappa shape index (κ3) is 4.14. The zero-order chi connectivity index (χ0) is 20.3. The number of hydrogen-bond acceptors (Lipinski definition) is 4. The van der Waals surface area contributed by atoms with E-state index in [0.29, 0.717) is 0 Å². The van der Waals surface area contributed by atoms with Crippen LogP contribution in [-0.4, -0.2) is 35.2 Å². The van der Waals surface area contributed by atoms with Crippen molar-refractivity contribution in [2.24, 2.45) is 0 Å². The third-order valence-electron chi connectivity index (χ3n) is 4.76. The Labute approximate surface area is 162 Å². The topological polar surface area (TPSA) is 105 Å². The first-order valence-corrected chi connectivity index (χ1v) is 9.02. The molecule has 0 saturated heterocycles. The van der Waals surface area contributed by atoms with Crippen LogP contribution in [0.2, 0.25) is 0 Å². The number of ether oxygens (including phenoxy) is 1. The molecule has 0 unspecified atom stereocenters. The molecule has 0 radical (unpaired) electrons. The largest absolute Gasteiger partial charge is 0.480 e. The fourth-order valence-corrected chi connectivity index (χ4v) is 3.19. The summed E-state index contributed by atoms with van der Waals surface area (Å²) in [6.07, 6.45) is 0.0529. The predicted octanol–water partition coefficient (Wildman–Crippen LogP) is 2.46. The maximum absolute atomic E-state index is 12.0. The number of carbonyl (C=O) groups excluding carboxylic acids is 2. The van der Waals surface area contributed by atoms with E-state index >= 15 is 0 Å². The second-order valence-electron chi connectivity index (χ2n) is 6.79. The van der Waals surface area contributed by atoms with Crippen molar-refractivity contribution < 1.29 is 24.2 Å². The molecule has 0 aliphatic heterocycles.